The molecule has 1 aliphatic rings. The molecule has 0 aromatic heterocycles. The van der Waals surface area contributed by atoms with Gasteiger partial charge in [0.05, 0.1) is 20.3 Å². The smallest absolute Gasteiger partial charge is 0.123 e. The normalized spacial score (nSPS) is 16.5. The molecule has 2 aromatic carbocycles. The average Bonchev–Trinajstić information content (AvgIpc) is 2.69. The first-order chi connectivity index (χ1) is 12.3. The van der Waals surface area contributed by atoms with Crippen molar-refractivity contribution in [3.8, 4) is 11.5 Å². The summed E-state index contributed by atoms with van der Waals surface area (Å²) in [7, 11) is 3.41. The SMILES string of the molecule is COc1ccc(N2CCN([C@H](CN)c3ccccc3OC)CC2)cc1. The Hall–Kier alpha value is -2.24. The van der Waals surface area contributed by atoms with E-state index in [0.29, 0.717) is 6.54 Å². The highest BCUT2D eigenvalue weighted by atomic mass is 16.5. The second-order valence-corrected chi connectivity index (χ2v) is 6.21. The fourth-order valence-electron chi connectivity index (χ4n) is 3.50. The third-order valence-corrected chi connectivity index (χ3v) is 4.91. The van der Waals surface area contributed by atoms with E-state index >= 15 is 0 Å². The van der Waals surface area contributed by atoms with Crippen LogP contribution in [0.25, 0.3) is 0 Å². The lowest BCUT2D eigenvalue weighted by Crippen LogP contribution is -2.49. The van der Waals surface area contributed by atoms with Crippen LogP contribution in [0.5, 0.6) is 11.5 Å². The Bertz CT molecular complexity index is 667. The largest absolute Gasteiger partial charge is 0.497 e. The number of hydrogen-bond donors (Lipinski definition) is 1. The molecule has 0 aliphatic carbocycles. The maximum Gasteiger partial charge on any atom is 0.123 e. The molecule has 25 heavy (non-hydrogen) atoms. The summed E-state index contributed by atoms with van der Waals surface area (Å²) in [5.74, 6) is 1.80. The van der Waals surface area contributed by atoms with Crippen molar-refractivity contribution >= 4 is 5.69 Å². The molecule has 2 N–H and O–H groups in total. The van der Waals surface area contributed by atoms with Crippen molar-refractivity contribution < 1.29 is 9.47 Å². The van der Waals surface area contributed by atoms with E-state index in [9.17, 15) is 0 Å². The van der Waals surface area contributed by atoms with E-state index in [1.54, 1.807) is 14.2 Å². The molecule has 5 heteroatoms. The third-order valence-electron chi connectivity index (χ3n) is 4.91. The minimum Gasteiger partial charge on any atom is -0.497 e. The number of rotatable bonds is 6. The molecular formula is C20H27N3O2. The Labute approximate surface area is 149 Å². The van der Waals surface area contributed by atoms with Gasteiger partial charge in [-0.1, -0.05) is 18.2 Å². The lowest BCUT2D eigenvalue weighted by Gasteiger charge is -2.40. The highest BCUT2D eigenvalue weighted by Crippen LogP contribution is 2.30. The molecular weight excluding hydrogens is 314 g/mol. The van der Waals surface area contributed by atoms with E-state index in [0.717, 1.165) is 37.7 Å². The van der Waals surface area contributed by atoms with Crippen LogP contribution in [0.4, 0.5) is 5.69 Å². The van der Waals surface area contributed by atoms with E-state index in [1.165, 1.54) is 11.3 Å². The number of methoxy groups -OCH3 is 2. The van der Waals surface area contributed by atoms with Gasteiger partial charge in [0.15, 0.2) is 0 Å². The molecule has 0 radical (unpaired) electrons. The fraction of sp³-hybridized carbons (Fsp3) is 0.400. The number of nitrogens with two attached hydrogens (primary N) is 1. The summed E-state index contributed by atoms with van der Waals surface area (Å²) in [6.07, 6.45) is 0. The van der Waals surface area contributed by atoms with E-state index in [4.69, 9.17) is 15.2 Å². The van der Waals surface area contributed by atoms with Gasteiger partial charge < -0.3 is 20.1 Å². The molecule has 0 bridgehead atoms. The van der Waals surface area contributed by atoms with Crippen molar-refractivity contribution in [1.82, 2.24) is 4.90 Å². The van der Waals surface area contributed by atoms with Crippen LogP contribution in [0.2, 0.25) is 0 Å². The molecule has 0 spiro atoms. The lowest BCUT2D eigenvalue weighted by molar-refractivity contribution is 0.187. The Morgan fingerprint density at radius 1 is 0.920 bits per heavy atom. The zero-order valence-corrected chi connectivity index (χ0v) is 15.0. The zero-order chi connectivity index (χ0) is 17.6. The minimum atomic E-state index is 0.189. The van der Waals surface area contributed by atoms with Gasteiger partial charge in [0.2, 0.25) is 0 Å². The van der Waals surface area contributed by atoms with Crippen LogP contribution >= 0.6 is 0 Å². The molecule has 134 valence electrons. The van der Waals surface area contributed by atoms with Gasteiger partial charge in [0.1, 0.15) is 11.5 Å². The van der Waals surface area contributed by atoms with E-state index < -0.39 is 0 Å². The summed E-state index contributed by atoms with van der Waals surface area (Å²) in [5.41, 5.74) is 8.52. The van der Waals surface area contributed by atoms with Gasteiger partial charge in [-0.3, -0.25) is 4.90 Å². The maximum absolute atomic E-state index is 6.11. The van der Waals surface area contributed by atoms with Crippen LogP contribution in [0.15, 0.2) is 48.5 Å². The predicted octanol–water partition coefficient (Wildman–Crippen LogP) is 2.53. The first-order valence-electron chi connectivity index (χ1n) is 8.73. The Kier molecular flexibility index (Phi) is 5.79. The monoisotopic (exact) mass is 341 g/mol. The molecule has 1 atom stereocenters. The van der Waals surface area contributed by atoms with Crippen LogP contribution < -0.4 is 20.1 Å². The molecule has 0 saturated carbocycles. The van der Waals surface area contributed by atoms with Crippen LogP contribution in [0.3, 0.4) is 0 Å². The highest BCUT2D eigenvalue weighted by Gasteiger charge is 2.26. The van der Waals surface area contributed by atoms with Crippen molar-refractivity contribution in [2.45, 2.75) is 6.04 Å². The van der Waals surface area contributed by atoms with Crippen molar-refractivity contribution in [2.24, 2.45) is 5.73 Å². The highest BCUT2D eigenvalue weighted by molar-refractivity contribution is 5.49. The van der Waals surface area contributed by atoms with Gasteiger partial charge in [0, 0.05) is 44.0 Å². The molecule has 2 aromatic rings. The second kappa shape index (κ2) is 8.23. The van der Waals surface area contributed by atoms with Crippen LogP contribution in [0, 0.1) is 0 Å². The molecule has 1 fully saturated rings. The third kappa shape index (κ3) is 3.89. The molecule has 5 nitrogen and oxygen atoms in total. The van der Waals surface area contributed by atoms with Gasteiger partial charge in [-0.05, 0) is 30.3 Å². The van der Waals surface area contributed by atoms with E-state index in [-0.39, 0.29) is 6.04 Å². The summed E-state index contributed by atoms with van der Waals surface area (Å²) < 4.78 is 10.8. The van der Waals surface area contributed by atoms with Crippen LogP contribution in [-0.2, 0) is 0 Å². The van der Waals surface area contributed by atoms with E-state index in [2.05, 4.69) is 28.0 Å². The number of para-hydroxylation sites is 1. The number of anilines is 1. The number of piperazine rings is 1. The van der Waals surface area contributed by atoms with Gasteiger partial charge in [-0.2, -0.15) is 0 Å². The Morgan fingerprint density at radius 2 is 1.60 bits per heavy atom. The molecule has 1 saturated heterocycles. The zero-order valence-electron chi connectivity index (χ0n) is 15.0. The van der Waals surface area contributed by atoms with Gasteiger partial charge >= 0.3 is 0 Å². The van der Waals surface area contributed by atoms with Crippen molar-refractivity contribution in [1.29, 1.82) is 0 Å². The molecule has 0 amide bonds. The molecule has 1 aliphatic heterocycles. The molecule has 3 rings (SSSR count). The molecule has 0 unspecified atom stereocenters. The summed E-state index contributed by atoms with van der Waals surface area (Å²) >= 11 is 0. The minimum absolute atomic E-state index is 0.189. The quantitative estimate of drug-likeness (QED) is 0.875. The number of benzene rings is 2. The summed E-state index contributed by atoms with van der Waals surface area (Å²) in [4.78, 5) is 4.86. The van der Waals surface area contributed by atoms with Crippen LogP contribution in [-0.4, -0.2) is 51.8 Å². The predicted molar refractivity (Wildman–Crippen MR) is 102 cm³/mol. The maximum atomic E-state index is 6.11. The summed E-state index contributed by atoms with van der Waals surface area (Å²) in [6, 6.07) is 16.6. The first kappa shape index (κ1) is 17.6. The van der Waals surface area contributed by atoms with Crippen molar-refractivity contribution in [3.63, 3.8) is 0 Å². The average molecular weight is 341 g/mol. The number of nitrogens with zero attached hydrogens (tertiary/aromatic N) is 2. The standard InChI is InChI=1S/C20H27N3O2/c1-24-17-9-7-16(8-10-17)22-11-13-23(14-12-22)19(15-21)18-5-3-4-6-20(18)25-2/h3-10,19H,11-15,21H2,1-2H3/t19-/m1/s1. The van der Waals surface area contributed by atoms with Gasteiger partial charge in [0.25, 0.3) is 0 Å². The fourth-order valence-corrected chi connectivity index (χ4v) is 3.50. The number of ether oxygens (including phenoxy) is 2. The topological polar surface area (TPSA) is 51.0 Å². The number of hydrogen-bond acceptors (Lipinski definition) is 5. The van der Waals surface area contributed by atoms with Gasteiger partial charge in [-0.25, -0.2) is 0 Å². The first-order valence-corrected chi connectivity index (χ1v) is 8.73. The van der Waals surface area contributed by atoms with E-state index in [1.807, 2.05) is 30.3 Å². The van der Waals surface area contributed by atoms with Crippen LogP contribution in [0.1, 0.15) is 11.6 Å². The Morgan fingerprint density at radius 3 is 2.20 bits per heavy atom. The van der Waals surface area contributed by atoms with Crippen molar-refractivity contribution in [2.75, 3.05) is 51.8 Å². The lowest BCUT2D eigenvalue weighted by atomic mass is 10.0. The van der Waals surface area contributed by atoms with Crippen molar-refractivity contribution in [3.05, 3.63) is 54.1 Å². The summed E-state index contributed by atoms with van der Waals surface area (Å²) in [5, 5.41) is 0. The van der Waals surface area contributed by atoms with Gasteiger partial charge in [-0.15, -0.1) is 0 Å². The Balaban J connectivity index is 1.67. The summed E-state index contributed by atoms with van der Waals surface area (Å²) in [6.45, 7) is 4.51. The molecule has 1 heterocycles. The second-order valence-electron chi connectivity index (χ2n) is 6.21.